The Morgan fingerprint density at radius 3 is 1.66 bits per heavy atom. The molecule has 3 heterocycles. The number of anilines is 1. The molecule has 0 aliphatic rings. The molecule has 7 nitrogen and oxygen atoms in total. The smallest absolute Gasteiger partial charge is 0.177 e. The van der Waals surface area contributed by atoms with Crippen molar-refractivity contribution in [3.63, 3.8) is 0 Å². The van der Waals surface area contributed by atoms with Crippen molar-refractivity contribution in [3.05, 3.63) is 99.6 Å². The quantitative estimate of drug-likeness (QED) is 0.153. The Bertz CT molecular complexity index is 1360. The normalized spacial score (nSPS) is 8.53. The van der Waals surface area contributed by atoms with Crippen LogP contribution in [0.3, 0.4) is 0 Å². The van der Waals surface area contributed by atoms with Gasteiger partial charge in [-0.3, -0.25) is 9.97 Å². The number of aromatic nitrogens is 3. The summed E-state index contributed by atoms with van der Waals surface area (Å²) < 4.78 is 0. The number of nitrogens with zero attached hydrogens (tertiary/aromatic N) is 4. The number of fused-ring (bicyclic) bond motifs is 2. The average molecular weight is 787 g/mol. The van der Waals surface area contributed by atoms with Gasteiger partial charge in [-0.1, -0.05) is 67.5 Å². The van der Waals surface area contributed by atoms with Crippen LogP contribution in [0.25, 0.3) is 21.7 Å². The first kappa shape index (κ1) is 55.1. The first-order chi connectivity index (χ1) is 21.8. The third-order valence-electron chi connectivity index (χ3n) is 5.29. The van der Waals surface area contributed by atoms with E-state index in [9.17, 15) is 9.59 Å². The van der Waals surface area contributed by atoms with Crippen LogP contribution in [0.15, 0.2) is 55.1 Å². The largest absolute Gasteiger partial charge is 0.430 e. The van der Waals surface area contributed by atoms with E-state index in [1.165, 1.54) is 0 Å². The molecule has 1 N–H and O–H groups in total. The van der Waals surface area contributed by atoms with Crippen LogP contribution in [-0.2, 0) is 65.4 Å². The van der Waals surface area contributed by atoms with E-state index in [4.69, 9.17) is 15.7 Å². The third kappa shape index (κ3) is 20.7. The second-order valence-electron chi connectivity index (χ2n) is 7.78. The second-order valence-corrected chi connectivity index (χ2v) is 7.78. The van der Waals surface area contributed by atoms with E-state index >= 15 is 0 Å². The molecule has 250 valence electrons. The Morgan fingerprint density at radius 1 is 0.723 bits per heavy atom. The number of aryl methyl sites for hydroxylation is 1. The van der Waals surface area contributed by atoms with Crippen molar-refractivity contribution in [3.8, 4) is 0 Å². The summed E-state index contributed by atoms with van der Waals surface area (Å²) in [4.78, 5) is 36.5. The van der Waals surface area contributed by atoms with Crippen molar-refractivity contribution in [1.82, 2.24) is 20.3 Å². The van der Waals surface area contributed by atoms with Crippen molar-refractivity contribution in [2.45, 2.75) is 62.3 Å². The molecule has 4 rings (SSSR count). The Labute approximate surface area is 339 Å². The summed E-state index contributed by atoms with van der Waals surface area (Å²) >= 11 is 0. The molecule has 0 saturated carbocycles. The average Bonchev–Trinajstić information content (AvgIpc) is 3.09. The van der Waals surface area contributed by atoms with E-state index in [-0.39, 0.29) is 71.1 Å². The molecule has 0 amide bonds. The number of carbonyl (C=O) groups excluding carboxylic acids is 2. The van der Waals surface area contributed by atoms with Gasteiger partial charge >= 0.3 is 0 Å². The van der Waals surface area contributed by atoms with Gasteiger partial charge in [0.05, 0.1) is 23.1 Å². The molecule has 6 radical (unpaired) electrons. The van der Waals surface area contributed by atoms with Crippen LogP contribution >= 0.6 is 0 Å². The van der Waals surface area contributed by atoms with Crippen LogP contribution in [0.4, 0.5) is 5.69 Å². The van der Waals surface area contributed by atoms with E-state index in [1.807, 2.05) is 73.3 Å². The van der Waals surface area contributed by atoms with Crippen LogP contribution in [0.2, 0.25) is 0 Å². The van der Waals surface area contributed by atoms with Gasteiger partial charge in [-0.25, -0.2) is 4.98 Å². The molecule has 0 aliphatic carbocycles. The molecule has 0 unspecified atom stereocenters. The molecule has 0 fully saturated rings. The van der Waals surface area contributed by atoms with Gasteiger partial charge in [0.15, 0.2) is 15.7 Å². The fraction of sp³-hybridized carbons (Fsp3) is 0.361. The van der Waals surface area contributed by atoms with Crippen LogP contribution in [-0.4, -0.2) is 68.2 Å². The minimum absolute atomic E-state index is 0. The first-order valence-corrected chi connectivity index (χ1v) is 15.6. The molecule has 11 heteroatoms. The summed E-state index contributed by atoms with van der Waals surface area (Å²) in [6.45, 7) is 35.4. The molecule has 0 atom stereocenters. The summed E-state index contributed by atoms with van der Waals surface area (Å²) in [5, 5.41) is 5.70. The van der Waals surface area contributed by atoms with Crippen molar-refractivity contribution in [1.29, 1.82) is 0 Å². The molecule has 0 aliphatic heterocycles. The predicted octanol–water partition coefficient (Wildman–Crippen LogP) is 7.61. The zero-order chi connectivity index (χ0) is 35.4. The van der Waals surface area contributed by atoms with Crippen molar-refractivity contribution < 1.29 is 75.0 Å². The predicted molar refractivity (Wildman–Crippen MR) is 198 cm³/mol. The number of hydrogen-bond donors (Lipinski definition) is 1. The minimum Gasteiger partial charge on any atom is -0.430 e. The summed E-state index contributed by atoms with van der Waals surface area (Å²) in [6, 6.07) is 8.73. The van der Waals surface area contributed by atoms with E-state index in [1.54, 1.807) is 49.1 Å². The molecule has 0 bridgehead atoms. The van der Waals surface area contributed by atoms with Crippen LogP contribution in [0, 0.1) is 34.6 Å². The Kier molecular flexibility index (Phi) is 42.1. The Balaban J connectivity index is -0.000000181. The maximum absolute atomic E-state index is 11.2. The molecule has 1 aromatic carbocycles. The molecular formula is C36H53B2N5O2Y2-4. The van der Waals surface area contributed by atoms with Gasteiger partial charge in [-0.2, -0.15) is 0 Å². The number of nitrogens with one attached hydrogen (secondary N) is 1. The van der Waals surface area contributed by atoms with Crippen LogP contribution in [0.5, 0.6) is 0 Å². The van der Waals surface area contributed by atoms with Gasteiger partial charge < -0.3 is 47.5 Å². The second kappa shape index (κ2) is 35.9. The van der Waals surface area contributed by atoms with Gasteiger partial charge in [0.25, 0.3) is 0 Å². The van der Waals surface area contributed by atoms with Crippen molar-refractivity contribution in [2.24, 2.45) is 0 Å². The summed E-state index contributed by atoms with van der Waals surface area (Å²) in [7, 11) is 10.4. The number of carbonyl (C=O) groups is 2. The zero-order valence-corrected chi connectivity index (χ0v) is 35.9. The SMILES string of the molecule is CC.CC.CC.CC.[B]C(=O)c1ccc2cncc(C)c2n1.[B]C(=O)c1ccc2cncc(N(C[CH2-])C[CH2-])c2c1.[CH2-]CNC[CH2-].[Y].[Y]. The fourth-order valence-electron chi connectivity index (χ4n) is 3.35. The van der Waals surface area contributed by atoms with Crippen LogP contribution < -0.4 is 10.2 Å². The Hall–Kier alpha value is -1.37. The fourth-order valence-corrected chi connectivity index (χ4v) is 3.35. The maximum Gasteiger partial charge on any atom is 0.177 e. The van der Waals surface area contributed by atoms with Gasteiger partial charge in [-0.05, 0) is 30.7 Å². The third-order valence-corrected chi connectivity index (χ3v) is 5.29. The van der Waals surface area contributed by atoms with E-state index in [2.05, 4.69) is 48.0 Å². The summed E-state index contributed by atoms with van der Waals surface area (Å²) in [6.07, 6.45) is 6.93. The minimum atomic E-state index is -0.511. The van der Waals surface area contributed by atoms with Crippen molar-refractivity contribution >= 4 is 54.4 Å². The Morgan fingerprint density at radius 2 is 1.21 bits per heavy atom. The number of pyridine rings is 3. The maximum atomic E-state index is 11.2. The summed E-state index contributed by atoms with van der Waals surface area (Å²) in [5.74, 6) is 0. The van der Waals surface area contributed by atoms with E-state index in [0.29, 0.717) is 18.7 Å². The van der Waals surface area contributed by atoms with Gasteiger partial charge in [0.2, 0.25) is 0 Å². The van der Waals surface area contributed by atoms with Crippen molar-refractivity contribution in [2.75, 3.05) is 31.1 Å². The van der Waals surface area contributed by atoms with Gasteiger partial charge in [0.1, 0.15) is 11.4 Å². The monoisotopic (exact) mass is 787 g/mol. The van der Waals surface area contributed by atoms with Gasteiger partial charge in [0, 0.05) is 106 Å². The standard InChI is InChI=1S/C14H13BN2O.C10H7BN2O.C4H9N.4C2H6.2Y/c1-3-17(4-2)13-9-16-8-11-6-5-10(14(15)18)7-12(11)13;1-6-4-12-5-7-2-3-8(10(11)14)13-9(6)7;1-3-5-4-2;4*1-2;;/h5-9H,1-4H2;2-5H,1H3;5H,1-4H2;4*1-2H3;;/q-2;;-2;;;;;;. The molecule has 0 saturated heterocycles. The molecule has 3 aromatic heterocycles. The molecular weight excluding hydrogens is 734 g/mol. The topological polar surface area (TPSA) is 88.1 Å². The molecule has 4 aromatic rings. The summed E-state index contributed by atoms with van der Waals surface area (Å²) in [5.41, 5.74) is 2.45. The number of hydrogen-bond acceptors (Lipinski definition) is 7. The zero-order valence-electron chi connectivity index (χ0n) is 30.3. The number of rotatable bonds is 7. The molecule has 0 spiro atoms. The van der Waals surface area contributed by atoms with Crippen LogP contribution in [0.1, 0.15) is 81.8 Å². The van der Waals surface area contributed by atoms with E-state index < -0.39 is 11.4 Å². The number of benzene rings is 1. The molecule has 47 heavy (non-hydrogen) atoms. The van der Waals surface area contributed by atoms with Gasteiger partial charge in [-0.15, -0.1) is 26.2 Å². The first-order valence-electron chi connectivity index (χ1n) is 15.6. The van der Waals surface area contributed by atoms with E-state index in [0.717, 1.165) is 46.0 Å².